The van der Waals surface area contributed by atoms with Gasteiger partial charge >= 0.3 is 0 Å². The van der Waals surface area contributed by atoms with Gasteiger partial charge in [-0.25, -0.2) is 0 Å². The number of aliphatic hydroxyl groups is 1. The fourth-order valence-corrected chi connectivity index (χ4v) is 5.83. The van der Waals surface area contributed by atoms with Crippen LogP contribution in [0.4, 0.5) is 0 Å². The maximum atomic E-state index is 13.3. The molecule has 6 nitrogen and oxygen atoms in total. The fraction of sp³-hybridized carbons (Fsp3) is 0.792. The number of nitrogens with one attached hydrogen (secondary N) is 1. The normalized spacial score (nSPS) is 25.0. The fourth-order valence-electron chi connectivity index (χ4n) is 5.83. The molecule has 1 amide bonds. The Hall–Kier alpha value is -1.53. The first kappa shape index (κ1) is 21.7. The van der Waals surface area contributed by atoms with Crippen molar-refractivity contribution in [1.29, 1.82) is 0 Å². The van der Waals surface area contributed by atoms with E-state index in [0.29, 0.717) is 5.69 Å². The van der Waals surface area contributed by atoms with Crippen molar-refractivity contribution in [2.75, 3.05) is 19.6 Å². The third-order valence-corrected chi connectivity index (χ3v) is 7.67. The summed E-state index contributed by atoms with van der Waals surface area (Å²) in [7, 11) is 0. The third kappa shape index (κ3) is 5.02. The molecule has 3 aliphatic rings. The van der Waals surface area contributed by atoms with Crippen LogP contribution in [-0.4, -0.2) is 51.8 Å². The van der Waals surface area contributed by atoms with E-state index in [4.69, 9.17) is 0 Å². The SMILES string of the molecule is O=C(NC1CCN(CC2CCCCCC2)CC1)C(O)(c1cccnn1)C1CCCC1. The number of amides is 1. The molecular weight excluding hydrogens is 376 g/mol. The lowest BCUT2D eigenvalue weighted by atomic mass is 9.81. The Morgan fingerprint density at radius 1 is 1.03 bits per heavy atom. The molecule has 1 saturated heterocycles. The summed E-state index contributed by atoms with van der Waals surface area (Å²) in [6.07, 6.45) is 15.7. The molecule has 6 heteroatoms. The molecule has 1 aliphatic heterocycles. The van der Waals surface area contributed by atoms with Gasteiger partial charge < -0.3 is 15.3 Å². The van der Waals surface area contributed by atoms with Gasteiger partial charge in [-0.05, 0) is 56.6 Å². The van der Waals surface area contributed by atoms with E-state index in [0.717, 1.165) is 57.5 Å². The van der Waals surface area contributed by atoms with E-state index in [9.17, 15) is 9.90 Å². The quantitative estimate of drug-likeness (QED) is 0.698. The maximum absolute atomic E-state index is 13.3. The molecule has 1 unspecified atom stereocenters. The molecule has 2 N–H and O–H groups in total. The van der Waals surface area contributed by atoms with Gasteiger partial charge in [0.2, 0.25) is 0 Å². The number of likely N-dealkylation sites (tertiary alicyclic amines) is 1. The van der Waals surface area contributed by atoms with Crippen molar-refractivity contribution in [1.82, 2.24) is 20.4 Å². The second kappa shape index (κ2) is 10.2. The Morgan fingerprint density at radius 3 is 2.33 bits per heavy atom. The van der Waals surface area contributed by atoms with E-state index < -0.39 is 5.60 Å². The number of aromatic nitrogens is 2. The number of rotatable bonds is 6. The van der Waals surface area contributed by atoms with Gasteiger partial charge in [0.15, 0.2) is 5.60 Å². The lowest BCUT2D eigenvalue weighted by molar-refractivity contribution is -0.149. The zero-order valence-corrected chi connectivity index (χ0v) is 18.3. The molecule has 0 radical (unpaired) electrons. The van der Waals surface area contributed by atoms with E-state index in [2.05, 4.69) is 20.4 Å². The molecular formula is C24H38N4O2. The average molecular weight is 415 g/mol. The van der Waals surface area contributed by atoms with Crippen molar-refractivity contribution < 1.29 is 9.90 Å². The molecule has 0 bridgehead atoms. The molecule has 0 aromatic carbocycles. The first-order valence-corrected chi connectivity index (χ1v) is 12.2. The number of nitrogens with zero attached hydrogens (tertiary/aromatic N) is 3. The molecule has 4 rings (SSSR count). The first-order valence-electron chi connectivity index (χ1n) is 12.2. The highest BCUT2D eigenvalue weighted by molar-refractivity contribution is 5.86. The van der Waals surface area contributed by atoms with Gasteiger partial charge in [0.1, 0.15) is 5.69 Å². The molecule has 1 aromatic heterocycles. The minimum absolute atomic E-state index is 0.0791. The molecule has 30 heavy (non-hydrogen) atoms. The van der Waals surface area contributed by atoms with E-state index in [-0.39, 0.29) is 17.9 Å². The molecule has 0 spiro atoms. The summed E-state index contributed by atoms with van der Waals surface area (Å²) in [5.41, 5.74) is -1.18. The summed E-state index contributed by atoms with van der Waals surface area (Å²) in [5.74, 6) is 0.490. The minimum Gasteiger partial charge on any atom is -0.374 e. The maximum Gasteiger partial charge on any atom is 0.258 e. The van der Waals surface area contributed by atoms with Crippen LogP contribution in [0.15, 0.2) is 18.3 Å². The number of carbonyl (C=O) groups is 1. The summed E-state index contributed by atoms with van der Waals surface area (Å²) in [6, 6.07) is 3.62. The lowest BCUT2D eigenvalue weighted by Gasteiger charge is -2.37. The molecule has 2 aliphatic carbocycles. The van der Waals surface area contributed by atoms with E-state index in [1.807, 2.05) is 0 Å². The number of hydrogen-bond donors (Lipinski definition) is 2. The predicted molar refractivity (Wildman–Crippen MR) is 117 cm³/mol. The van der Waals surface area contributed by atoms with E-state index in [1.165, 1.54) is 45.1 Å². The van der Waals surface area contributed by atoms with Crippen LogP contribution in [0.25, 0.3) is 0 Å². The second-order valence-electron chi connectivity index (χ2n) is 9.76. The van der Waals surface area contributed by atoms with Crippen LogP contribution in [0, 0.1) is 11.8 Å². The van der Waals surface area contributed by atoms with Crippen LogP contribution in [0.3, 0.4) is 0 Å². The molecule has 2 heterocycles. The van der Waals surface area contributed by atoms with Crippen molar-refractivity contribution in [3.63, 3.8) is 0 Å². The molecule has 3 fully saturated rings. The minimum atomic E-state index is -1.57. The molecule has 1 atom stereocenters. The summed E-state index contributed by atoms with van der Waals surface area (Å²) in [5, 5.41) is 22.8. The number of piperidine rings is 1. The van der Waals surface area contributed by atoms with Crippen LogP contribution in [0.2, 0.25) is 0 Å². The van der Waals surface area contributed by atoms with Crippen LogP contribution < -0.4 is 5.32 Å². The van der Waals surface area contributed by atoms with Crippen LogP contribution >= 0.6 is 0 Å². The van der Waals surface area contributed by atoms with E-state index >= 15 is 0 Å². The van der Waals surface area contributed by atoms with Crippen LogP contribution in [0.1, 0.15) is 82.7 Å². The van der Waals surface area contributed by atoms with Crippen molar-refractivity contribution in [2.24, 2.45) is 11.8 Å². The van der Waals surface area contributed by atoms with Gasteiger partial charge in [0.25, 0.3) is 5.91 Å². The summed E-state index contributed by atoms with van der Waals surface area (Å²) < 4.78 is 0. The smallest absolute Gasteiger partial charge is 0.258 e. The van der Waals surface area contributed by atoms with Crippen molar-refractivity contribution in [3.05, 3.63) is 24.0 Å². The van der Waals surface area contributed by atoms with Crippen LogP contribution in [-0.2, 0) is 10.4 Å². The van der Waals surface area contributed by atoms with Gasteiger partial charge in [0.05, 0.1) is 0 Å². The average Bonchev–Trinajstić information content (AvgIpc) is 3.21. The van der Waals surface area contributed by atoms with Gasteiger partial charge in [-0.15, -0.1) is 0 Å². The summed E-state index contributed by atoms with van der Waals surface area (Å²) in [6.45, 7) is 3.29. The van der Waals surface area contributed by atoms with Crippen molar-refractivity contribution in [2.45, 2.75) is 88.7 Å². The Morgan fingerprint density at radius 2 is 1.70 bits per heavy atom. The Kier molecular flexibility index (Phi) is 7.37. The van der Waals surface area contributed by atoms with E-state index in [1.54, 1.807) is 18.3 Å². The van der Waals surface area contributed by atoms with Crippen LogP contribution in [0.5, 0.6) is 0 Å². The second-order valence-corrected chi connectivity index (χ2v) is 9.76. The zero-order chi connectivity index (χ0) is 20.8. The summed E-state index contributed by atoms with van der Waals surface area (Å²) in [4.78, 5) is 15.9. The highest BCUT2D eigenvalue weighted by Crippen LogP contribution is 2.40. The largest absolute Gasteiger partial charge is 0.374 e. The highest BCUT2D eigenvalue weighted by atomic mass is 16.3. The Bertz CT molecular complexity index is 663. The third-order valence-electron chi connectivity index (χ3n) is 7.67. The standard InChI is InChI=1S/C24H38N4O2/c29-23(24(30,20-10-5-6-11-20)22-12-7-15-25-27-22)26-21-13-16-28(17-14-21)18-19-8-3-1-2-4-9-19/h7,12,15,19-21,30H,1-6,8-11,13-14,16-18H2,(H,26,29). The lowest BCUT2D eigenvalue weighted by Crippen LogP contribution is -2.54. The molecule has 1 aromatic rings. The predicted octanol–water partition coefficient (Wildman–Crippen LogP) is 3.41. The molecule has 2 saturated carbocycles. The van der Waals surface area contributed by atoms with Crippen molar-refractivity contribution in [3.8, 4) is 0 Å². The number of carbonyl (C=O) groups excluding carboxylic acids is 1. The van der Waals surface area contributed by atoms with Gasteiger partial charge in [-0.1, -0.05) is 38.5 Å². The summed E-state index contributed by atoms with van der Waals surface area (Å²) >= 11 is 0. The Labute approximate surface area is 180 Å². The first-order chi connectivity index (χ1) is 14.7. The topological polar surface area (TPSA) is 78.4 Å². The van der Waals surface area contributed by atoms with Gasteiger partial charge in [0, 0.05) is 37.8 Å². The molecule has 166 valence electrons. The van der Waals surface area contributed by atoms with Crippen molar-refractivity contribution >= 4 is 5.91 Å². The zero-order valence-electron chi connectivity index (χ0n) is 18.3. The van der Waals surface area contributed by atoms with Gasteiger partial charge in [-0.2, -0.15) is 10.2 Å². The number of hydrogen-bond acceptors (Lipinski definition) is 5. The Balaban J connectivity index is 1.33. The van der Waals surface area contributed by atoms with Gasteiger partial charge in [-0.3, -0.25) is 4.79 Å². The highest BCUT2D eigenvalue weighted by Gasteiger charge is 2.48. The monoisotopic (exact) mass is 414 g/mol.